The summed E-state index contributed by atoms with van der Waals surface area (Å²) in [5.41, 5.74) is 1.36. The molecule has 0 spiro atoms. The molecule has 1 aliphatic rings. The van der Waals surface area contributed by atoms with Crippen LogP contribution >= 0.6 is 0 Å². The Morgan fingerprint density at radius 3 is 2.85 bits per heavy atom. The SMILES string of the molecule is O=c1c2ccccc2[se]n1-c1nc(NC2CCCCC2)c2[nH]cnc2n1. The monoisotopic (exact) mass is 414 g/mol. The number of benzene rings is 1. The number of aromatic amines is 1. The summed E-state index contributed by atoms with van der Waals surface area (Å²) < 4.78 is 2.76. The van der Waals surface area contributed by atoms with Gasteiger partial charge in [-0.2, -0.15) is 0 Å². The van der Waals surface area contributed by atoms with Crippen LogP contribution in [0.25, 0.3) is 26.8 Å². The van der Waals surface area contributed by atoms with E-state index in [1.165, 1.54) is 19.3 Å². The molecule has 5 rings (SSSR count). The Hall–Kier alpha value is -2.44. The van der Waals surface area contributed by atoms with Crippen molar-refractivity contribution >= 4 is 41.4 Å². The summed E-state index contributed by atoms with van der Waals surface area (Å²) in [5.74, 6) is 1.18. The van der Waals surface area contributed by atoms with E-state index in [1.807, 2.05) is 24.3 Å². The van der Waals surface area contributed by atoms with Gasteiger partial charge in [0.2, 0.25) is 0 Å². The molecule has 7 nitrogen and oxygen atoms in total. The van der Waals surface area contributed by atoms with Gasteiger partial charge in [-0.05, 0) is 0 Å². The Balaban J connectivity index is 1.63. The van der Waals surface area contributed by atoms with Crippen molar-refractivity contribution in [3.8, 4) is 5.95 Å². The first-order valence-corrected chi connectivity index (χ1v) is 10.5. The topological polar surface area (TPSA) is 88.5 Å². The van der Waals surface area contributed by atoms with Gasteiger partial charge in [-0.15, -0.1) is 0 Å². The molecule has 26 heavy (non-hydrogen) atoms. The van der Waals surface area contributed by atoms with Gasteiger partial charge < -0.3 is 0 Å². The Morgan fingerprint density at radius 1 is 1.15 bits per heavy atom. The number of nitrogens with zero attached hydrogens (tertiary/aromatic N) is 4. The van der Waals surface area contributed by atoms with Crippen molar-refractivity contribution in [2.45, 2.75) is 38.1 Å². The summed E-state index contributed by atoms with van der Waals surface area (Å²) in [6.07, 6.45) is 7.70. The summed E-state index contributed by atoms with van der Waals surface area (Å²) in [4.78, 5) is 29.5. The third-order valence-electron chi connectivity index (χ3n) is 4.89. The average Bonchev–Trinajstić information content (AvgIpc) is 3.28. The van der Waals surface area contributed by atoms with Crippen LogP contribution in [0.1, 0.15) is 32.1 Å². The molecule has 0 bridgehead atoms. The van der Waals surface area contributed by atoms with Crippen LogP contribution in [0.2, 0.25) is 0 Å². The fourth-order valence-corrected chi connectivity index (χ4v) is 5.52. The number of nitrogens with one attached hydrogen (secondary N) is 2. The van der Waals surface area contributed by atoms with Crippen molar-refractivity contribution in [2.75, 3.05) is 5.32 Å². The molecule has 4 aromatic rings. The third-order valence-corrected chi connectivity index (χ3v) is 7.13. The molecule has 3 heterocycles. The minimum absolute atomic E-state index is 0.0286. The molecule has 1 fully saturated rings. The van der Waals surface area contributed by atoms with Gasteiger partial charge in [0.1, 0.15) is 0 Å². The fourth-order valence-electron chi connectivity index (χ4n) is 3.56. The summed E-state index contributed by atoms with van der Waals surface area (Å²) >= 11 is -0.153. The number of fused-ring (bicyclic) bond motifs is 2. The van der Waals surface area contributed by atoms with Gasteiger partial charge in [0.05, 0.1) is 0 Å². The summed E-state index contributed by atoms with van der Waals surface area (Å²) in [6.45, 7) is 0. The van der Waals surface area contributed by atoms with E-state index in [4.69, 9.17) is 4.98 Å². The van der Waals surface area contributed by atoms with Crippen LogP contribution in [0.4, 0.5) is 5.82 Å². The first-order valence-electron chi connectivity index (χ1n) is 8.89. The van der Waals surface area contributed by atoms with Crippen LogP contribution in [0, 0.1) is 0 Å². The number of aromatic nitrogens is 5. The number of rotatable bonds is 3. The van der Waals surface area contributed by atoms with Crippen molar-refractivity contribution in [2.24, 2.45) is 0 Å². The number of anilines is 1. The van der Waals surface area contributed by atoms with E-state index < -0.39 is 0 Å². The van der Waals surface area contributed by atoms with Crippen LogP contribution in [0.5, 0.6) is 0 Å². The molecule has 1 aromatic carbocycles. The second-order valence-corrected chi connectivity index (χ2v) is 8.71. The fraction of sp³-hybridized carbons (Fsp3) is 0.333. The predicted octanol–water partition coefficient (Wildman–Crippen LogP) is 2.46. The summed E-state index contributed by atoms with van der Waals surface area (Å²) in [6, 6.07) is 8.14. The standard InChI is InChI=1S/C18H18N6OSe/c25-17-12-8-4-5-9-13(12)26-24(17)18-22-15-14(19-10-20-15)16(23-18)21-11-6-2-1-3-7-11/h4-5,8-11H,1-3,6-7H2,(H2,19,20,21,22,23). The molecule has 0 amide bonds. The molecule has 1 saturated carbocycles. The zero-order valence-electron chi connectivity index (χ0n) is 14.1. The molecular formula is C18H18N6OSe. The zero-order chi connectivity index (χ0) is 17.5. The molecule has 0 saturated heterocycles. The summed E-state index contributed by atoms with van der Waals surface area (Å²) in [7, 11) is 0. The van der Waals surface area contributed by atoms with Crippen molar-refractivity contribution in [1.82, 2.24) is 23.5 Å². The van der Waals surface area contributed by atoms with E-state index in [0.29, 0.717) is 17.6 Å². The Labute approximate surface area is 155 Å². The number of imidazole rings is 1. The van der Waals surface area contributed by atoms with E-state index in [9.17, 15) is 4.79 Å². The van der Waals surface area contributed by atoms with E-state index in [1.54, 1.807) is 9.89 Å². The van der Waals surface area contributed by atoms with Crippen LogP contribution in [-0.4, -0.2) is 44.3 Å². The number of H-pyrrole nitrogens is 1. The van der Waals surface area contributed by atoms with Crippen LogP contribution < -0.4 is 10.9 Å². The Morgan fingerprint density at radius 2 is 2.00 bits per heavy atom. The maximum absolute atomic E-state index is 12.8. The first kappa shape index (κ1) is 15.8. The molecule has 2 N–H and O–H groups in total. The second kappa shape index (κ2) is 6.37. The van der Waals surface area contributed by atoms with Crippen molar-refractivity contribution in [3.63, 3.8) is 0 Å². The minimum atomic E-state index is -0.153. The quantitative estimate of drug-likeness (QED) is 0.504. The molecule has 0 atom stereocenters. The molecule has 132 valence electrons. The van der Waals surface area contributed by atoms with Crippen LogP contribution in [0.15, 0.2) is 35.4 Å². The molecular weight excluding hydrogens is 395 g/mol. The van der Waals surface area contributed by atoms with Gasteiger partial charge in [0.25, 0.3) is 0 Å². The van der Waals surface area contributed by atoms with Gasteiger partial charge in [0, 0.05) is 0 Å². The van der Waals surface area contributed by atoms with E-state index in [2.05, 4.69) is 20.3 Å². The molecule has 0 aliphatic heterocycles. The van der Waals surface area contributed by atoms with Gasteiger partial charge in [-0.25, -0.2) is 0 Å². The average molecular weight is 413 g/mol. The van der Waals surface area contributed by atoms with Crippen molar-refractivity contribution in [1.29, 1.82) is 0 Å². The Bertz CT molecular complexity index is 1140. The molecule has 8 heteroatoms. The third kappa shape index (κ3) is 2.66. The van der Waals surface area contributed by atoms with Gasteiger partial charge >= 0.3 is 155 Å². The molecule has 0 radical (unpaired) electrons. The van der Waals surface area contributed by atoms with Crippen molar-refractivity contribution in [3.05, 3.63) is 40.9 Å². The zero-order valence-corrected chi connectivity index (χ0v) is 15.8. The van der Waals surface area contributed by atoms with E-state index in [-0.39, 0.29) is 20.3 Å². The molecule has 1 aliphatic carbocycles. The predicted molar refractivity (Wildman–Crippen MR) is 102 cm³/mol. The number of hydrogen-bond donors (Lipinski definition) is 2. The first-order chi connectivity index (χ1) is 12.8. The number of hydrogen-bond acceptors (Lipinski definition) is 5. The van der Waals surface area contributed by atoms with Crippen LogP contribution in [-0.2, 0) is 0 Å². The van der Waals surface area contributed by atoms with E-state index >= 15 is 0 Å². The Kier molecular flexibility index (Phi) is 3.87. The maximum atomic E-state index is 12.8. The normalized spacial score (nSPS) is 15.7. The molecule has 3 aromatic heterocycles. The van der Waals surface area contributed by atoms with Crippen molar-refractivity contribution < 1.29 is 0 Å². The van der Waals surface area contributed by atoms with E-state index in [0.717, 1.165) is 33.8 Å². The van der Waals surface area contributed by atoms with Gasteiger partial charge in [-0.3, -0.25) is 0 Å². The van der Waals surface area contributed by atoms with Crippen LogP contribution in [0.3, 0.4) is 0 Å². The summed E-state index contributed by atoms with van der Waals surface area (Å²) in [5, 5.41) is 4.31. The van der Waals surface area contributed by atoms with Gasteiger partial charge in [-0.1, -0.05) is 0 Å². The van der Waals surface area contributed by atoms with Gasteiger partial charge in [0.15, 0.2) is 0 Å². The second-order valence-electron chi connectivity index (χ2n) is 6.64. The molecule has 0 unspecified atom stereocenters.